The highest BCUT2D eigenvalue weighted by atomic mass is 35.5. The number of carbonyl (C=O) groups is 2. The summed E-state index contributed by atoms with van der Waals surface area (Å²) in [6, 6.07) is 2.73. The third-order valence-electron chi connectivity index (χ3n) is 2.97. The molecule has 0 aliphatic rings. The van der Waals surface area contributed by atoms with Crippen molar-refractivity contribution in [1.29, 1.82) is 0 Å². The zero-order chi connectivity index (χ0) is 15.5. The van der Waals surface area contributed by atoms with Crippen molar-refractivity contribution in [1.82, 2.24) is 0 Å². The van der Waals surface area contributed by atoms with Gasteiger partial charge >= 0.3 is 11.9 Å². The first-order valence-electron chi connectivity index (χ1n) is 6.44. The molecule has 1 aromatic carbocycles. The highest BCUT2D eigenvalue weighted by Crippen LogP contribution is 2.25. The average Bonchev–Trinajstić information content (AvgIpc) is 2.30. The Hall–Kier alpha value is -1.55. The van der Waals surface area contributed by atoms with Gasteiger partial charge in [0.2, 0.25) is 0 Å². The lowest BCUT2D eigenvalue weighted by Crippen LogP contribution is -2.28. The Morgan fingerprint density at radius 1 is 1.30 bits per heavy atom. The minimum Gasteiger partial charge on any atom is -0.478 e. The van der Waals surface area contributed by atoms with Gasteiger partial charge in [0, 0.05) is 5.02 Å². The van der Waals surface area contributed by atoms with Crippen molar-refractivity contribution in [3.8, 4) is 0 Å². The van der Waals surface area contributed by atoms with Gasteiger partial charge in [-0.05, 0) is 44.9 Å². The molecule has 0 aromatic heterocycles. The quantitative estimate of drug-likeness (QED) is 0.832. The van der Waals surface area contributed by atoms with Gasteiger partial charge in [0.25, 0.3) is 0 Å². The Kier molecular flexibility index (Phi) is 5.17. The van der Waals surface area contributed by atoms with Crippen LogP contribution in [0.1, 0.15) is 59.9 Å². The molecule has 0 unspecified atom stereocenters. The molecule has 0 heterocycles. The highest BCUT2D eigenvalue weighted by molar-refractivity contribution is 6.32. The first-order chi connectivity index (χ1) is 9.18. The van der Waals surface area contributed by atoms with Crippen LogP contribution in [0.3, 0.4) is 0 Å². The maximum Gasteiger partial charge on any atom is 0.339 e. The summed E-state index contributed by atoms with van der Waals surface area (Å²) < 4.78 is 5.40. The molecule has 4 nitrogen and oxygen atoms in total. The van der Waals surface area contributed by atoms with Crippen LogP contribution in [0.25, 0.3) is 0 Å². The molecule has 0 amide bonds. The molecule has 1 aromatic rings. The van der Waals surface area contributed by atoms with E-state index in [0.717, 1.165) is 6.42 Å². The topological polar surface area (TPSA) is 63.6 Å². The second kappa shape index (κ2) is 6.27. The standard InChI is InChI=1S/C15H19ClO4/c1-5-6-15(3,4)20-14(19)11-7-9(2)12(16)8-10(11)13(17)18/h7-8H,5-6H2,1-4H3,(H,17,18). The van der Waals surface area contributed by atoms with Crippen LogP contribution >= 0.6 is 11.6 Å². The fraction of sp³-hybridized carbons (Fsp3) is 0.467. The largest absolute Gasteiger partial charge is 0.478 e. The molecular formula is C15H19ClO4. The number of carbonyl (C=O) groups excluding carboxylic acids is 1. The summed E-state index contributed by atoms with van der Waals surface area (Å²) in [4.78, 5) is 23.4. The van der Waals surface area contributed by atoms with Crippen LogP contribution in [-0.4, -0.2) is 22.6 Å². The normalized spacial score (nSPS) is 11.2. The number of hydrogen-bond donors (Lipinski definition) is 1. The number of benzene rings is 1. The van der Waals surface area contributed by atoms with E-state index in [1.54, 1.807) is 20.8 Å². The molecule has 0 spiro atoms. The Labute approximate surface area is 123 Å². The SMILES string of the molecule is CCCC(C)(C)OC(=O)c1cc(C)c(Cl)cc1C(=O)O. The molecule has 0 radical (unpaired) electrons. The number of aryl methyl sites for hydroxylation is 1. The van der Waals surface area contributed by atoms with Crippen molar-refractivity contribution < 1.29 is 19.4 Å². The van der Waals surface area contributed by atoms with E-state index in [4.69, 9.17) is 21.4 Å². The highest BCUT2D eigenvalue weighted by Gasteiger charge is 2.26. The van der Waals surface area contributed by atoms with Gasteiger partial charge < -0.3 is 9.84 Å². The predicted octanol–water partition coefficient (Wildman–Crippen LogP) is 4.08. The molecule has 0 atom stereocenters. The Balaban J connectivity index is 3.15. The molecule has 0 fully saturated rings. The summed E-state index contributed by atoms with van der Waals surface area (Å²) in [5.41, 5.74) is -0.104. The van der Waals surface area contributed by atoms with Crippen LogP contribution in [0.4, 0.5) is 0 Å². The summed E-state index contributed by atoms with van der Waals surface area (Å²) in [6.45, 7) is 7.31. The maximum absolute atomic E-state index is 12.2. The van der Waals surface area contributed by atoms with Gasteiger partial charge in [0.15, 0.2) is 0 Å². The van der Waals surface area contributed by atoms with Gasteiger partial charge in [-0.15, -0.1) is 0 Å². The van der Waals surface area contributed by atoms with Crippen molar-refractivity contribution in [3.05, 3.63) is 33.8 Å². The number of aromatic carboxylic acids is 1. The molecular weight excluding hydrogens is 280 g/mol. The lowest BCUT2D eigenvalue weighted by Gasteiger charge is -2.25. The first-order valence-corrected chi connectivity index (χ1v) is 6.82. The number of rotatable bonds is 5. The van der Waals surface area contributed by atoms with Gasteiger partial charge in [-0.3, -0.25) is 0 Å². The van der Waals surface area contributed by atoms with Crippen LogP contribution in [0.5, 0.6) is 0 Å². The lowest BCUT2D eigenvalue weighted by atomic mass is 10.0. The van der Waals surface area contributed by atoms with Crippen LogP contribution in [0, 0.1) is 6.92 Å². The summed E-state index contributed by atoms with van der Waals surface area (Å²) in [5, 5.41) is 9.48. The zero-order valence-corrected chi connectivity index (χ0v) is 12.9. The molecule has 0 aliphatic carbocycles. The third kappa shape index (κ3) is 3.97. The predicted molar refractivity (Wildman–Crippen MR) is 77.6 cm³/mol. The number of hydrogen-bond acceptors (Lipinski definition) is 3. The molecule has 110 valence electrons. The lowest BCUT2D eigenvalue weighted by molar-refractivity contribution is -0.00502. The van der Waals surface area contributed by atoms with E-state index in [1.165, 1.54) is 12.1 Å². The van der Waals surface area contributed by atoms with Crippen molar-refractivity contribution >= 4 is 23.5 Å². The molecule has 0 saturated carbocycles. The second-order valence-corrected chi connectivity index (χ2v) is 5.76. The van der Waals surface area contributed by atoms with E-state index in [1.807, 2.05) is 6.92 Å². The first kappa shape index (κ1) is 16.5. The van der Waals surface area contributed by atoms with E-state index >= 15 is 0 Å². The Bertz CT molecular complexity index is 535. The van der Waals surface area contributed by atoms with Crippen molar-refractivity contribution in [2.45, 2.75) is 46.1 Å². The monoisotopic (exact) mass is 298 g/mol. The fourth-order valence-electron chi connectivity index (χ4n) is 1.99. The number of esters is 1. The van der Waals surface area contributed by atoms with Gasteiger partial charge in [-0.2, -0.15) is 0 Å². The summed E-state index contributed by atoms with van der Waals surface area (Å²) >= 11 is 5.90. The molecule has 1 rings (SSSR count). The molecule has 0 bridgehead atoms. The summed E-state index contributed by atoms with van der Waals surface area (Å²) in [7, 11) is 0. The van der Waals surface area contributed by atoms with Crippen molar-refractivity contribution in [2.24, 2.45) is 0 Å². The van der Waals surface area contributed by atoms with Crippen LogP contribution in [0.2, 0.25) is 5.02 Å². The minimum absolute atomic E-state index is 0.0311. The smallest absolute Gasteiger partial charge is 0.339 e. The molecule has 0 aliphatic heterocycles. The second-order valence-electron chi connectivity index (χ2n) is 5.35. The van der Waals surface area contributed by atoms with E-state index in [2.05, 4.69) is 0 Å². The van der Waals surface area contributed by atoms with Gasteiger partial charge in [-0.25, -0.2) is 9.59 Å². The fourth-order valence-corrected chi connectivity index (χ4v) is 2.15. The molecule has 5 heteroatoms. The van der Waals surface area contributed by atoms with Crippen molar-refractivity contribution in [2.75, 3.05) is 0 Å². The van der Waals surface area contributed by atoms with Gasteiger partial charge in [0.1, 0.15) is 5.60 Å². The maximum atomic E-state index is 12.2. The summed E-state index contributed by atoms with van der Waals surface area (Å²) in [6.07, 6.45) is 1.57. The molecule has 20 heavy (non-hydrogen) atoms. The molecule has 0 saturated heterocycles. The van der Waals surface area contributed by atoms with Crippen LogP contribution in [-0.2, 0) is 4.74 Å². The summed E-state index contributed by atoms with van der Waals surface area (Å²) in [5.74, 6) is -1.84. The van der Waals surface area contributed by atoms with E-state index in [0.29, 0.717) is 17.0 Å². The molecule has 1 N–H and O–H groups in total. The number of carboxylic acid groups (broad SMARTS) is 1. The van der Waals surface area contributed by atoms with Gasteiger partial charge in [-0.1, -0.05) is 24.9 Å². The number of carboxylic acids is 1. The van der Waals surface area contributed by atoms with Crippen LogP contribution < -0.4 is 0 Å². The van der Waals surface area contributed by atoms with E-state index in [-0.39, 0.29) is 11.1 Å². The van der Waals surface area contributed by atoms with Crippen molar-refractivity contribution in [3.63, 3.8) is 0 Å². The minimum atomic E-state index is -1.20. The van der Waals surface area contributed by atoms with Gasteiger partial charge in [0.05, 0.1) is 11.1 Å². The zero-order valence-electron chi connectivity index (χ0n) is 12.1. The third-order valence-corrected chi connectivity index (χ3v) is 3.38. The van der Waals surface area contributed by atoms with E-state index in [9.17, 15) is 9.59 Å². The Morgan fingerprint density at radius 2 is 1.90 bits per heavy atom. The average molecular weight is 299 g/mol. The number of halogens is 1. The van der Waals surface area contributed by atoms with Crippen LogP contribution in [0.15, 0.2) is 12.1 Å². The Morgan fingerprint density at radius 3 is 2.40 bits per heavy atom. The van der Waals surface area contributed by atoms with E-state index < -0.39 is 17.5 Å². The number of ether oxygens (including phenoxy) is 1.